The van der Waals surface area contributed by atoms with Gasteiger partial charge in [0.25, 0.3) is 0 Å². The van der Waals surface area contributed by atoms with Crippen LogP contribution in [0.1, 0.15) is 36.8 Å². The highest BCUT2D eigenvalue weighted by Gasteiger charge is 2.28. The first-order valence-electron chi connectivity index (χ1n) is 6.87. The van der Waals surface area contributed by atoms with Crippen LogP contribution in [0.2, 0.25) is 0 Å². The van der Waals surface area contributed by atoms with E-state index < -0.39 is 0 Å². The van der Waals surface area contributed by atoms with Crippen molar-refractivity contribution in [2.45, 2.75) is 31.7 Å². The molecule has 0 bridgehead atoms. The van der Waals surface area contributed by atoms with Gasteiger partial charge in [0.2, 0.25) is 0 Å². The highest BCUT2D eigenvalue weighted by molar-refractivity contribution is 5.68. The van der Waals surface area contributed by atoms with Gasteiger partial charge >= 0.3 is 0 Å². The number of fused-ring (bicyclic) bond motifs is 1. The van der Waals surface area contributed by atoms with Gasteiger partial charge in [0.05, 0.1) is 0 Å². The molecule has 0 saturated carbocycles. The zero-order valence-electron chi connectivity index (χ0n) is 10.7. The van der Waals surface area contributed by atoms with Crippen LogP contribution in [0, 0.1) is 5.92 Å². The topological polar surface area (TPSA) is 24.9 Å². The van der Waals surface area contributed by atoms with Gasteiger partial charge in [-0.15, -0.1) is 0 Å². The van der Waals surface area contributed by atoms with Crippen molar-refractivity contribution in [1.29, 1.82) is 0 Å². The largest absolute Gasteiger partial charge is 0.313 e. The predicted octanol–water partition coefficient (Wildman–Crippen LogP) is 3.27. The van der Waals surface area contributed by atoms with Crippen molar-refractivity contribution >= 4 is 11.6 Å². The first-order chi connectivity index (χ1) is 8.86. The molecule has 1 fully saturated rings. The standard InChI is InChI=1S/C16H20N2/c1-2-12-8-15(11-17-10-12)14-6-5-13-4-3-7-18-16(13)9-14/h2,6,8,10-11,13,16,18H,1,3-5,7,9H2/t13-,16+/m0/s1. The van der Waals surface area contributed by atoms with Crippen molar-refractivity contribution in [2.24, 2.45) is 5.92 Å². The minimum atomic E-state index is 0.672. The molecule has 1 aromatic heterocycles. The fourth-order valence-electron chi connectivity index (χ4n) is 3.14. The lowest BCUT2D eigenvalue weighted by Gasteiger charge is -2.36. The van der Waals surface area contributed by atoms with Crippen molar-refractivity contribution in [3.63, 3.8) is 0 Å². The Morgan fingerprint density at radius 1 is 1.39 bits per heavy atom. The summed E-state index contributed by atoms with van der Waals surface area (Å²) in [5.74, 6) is 0.845. The van der Waals surface area contributed by atoms with Crippen molar-refractivity contribution in [1.82, 2.24) is 10.3 Å². The van der Waals surface area contributed by atoms with Gasteiger partial charge in [0.1, 0.15) is 0 Å². The molecular formula is C16H20N2. The second kappa shape index (κ2) is 5.07. The third kappa shape index (κ3) is 2.25. The molecule has 1 aliphatic carbocycles. The zero-order valence-corrected chi connectivity index (χ0v) is 10.7. The maximum atomic E-state index is 4.30. The number of nitrogens with zero attached hydrogens (tertiary/aromatic N) is 1. The van der Waals surface area contributed by atoms with E-state index >= 15 is 0 Å². The molecule has 0 unspecified atom stereocenters. The van der Waals surface area contributed by atoms with Gasteiger partial charge in [0.15, 0.2) is 0 Å². The van der Waals surface area contributed by atoms with E-state index in [4.69, 9.17) is 0 Å². The van der Waals surface area contributed by atoms with Crippen molar-refractivity contribution in [3.05, 3.63) is 42.2 Å². The molecule has 2 heteroatoms. The molecular weight excluding hydrogens is 220 g/mol. The molecule has 2 atom stereocenters. The van der Waals surface area contributed by atoms with E-state index in [1.54, 1.807) is 0 Å². The van der Waals surface area contributed by atoms with E-state index in [1.165, 1.54) is 36.9 Å². The van der Waals surface area contributed by atoms with Crippen LogP contribution >= 0.6 is 0 Å². The van der Waals surface area contributed by atoms with Gasteiger partial charge in [-0.25, -0.2) is 0 Å². The van der Waals surface area contributed by atoms with Crippen LogP contribution in [0.25, 0.3) is 11.6 Å². The van der Waals surface area contributed by atoms with Crippen molar-refractivity contribution in [3.8, 4) is 0 Å². The van der Waals surface area contributed by atoms with Crippen LogP contribution in [0.5, 0.6) is 0 Å². The SMILES string of the molecule is C=Cc1cncc(C2=CC[C@@H]3CCCN[C@@H]3C2)c1. The average Bonchev–Trinajstić information content (AvgIpc) is 2.47. The van der Waals surface area contributed by atoms with Gasteiger partial charge in [-0.05, 0) is 60.9 Å². The zero-order chi connectivity index (χ0) is 12.4. The van der Waals surface area contributed by atoms with Crippen LogP contribution in [0.4, 0.5) is 0 Å². The van der Waals surface area contributed by atoms with E-state index in [-0.39, 0.29) is 0 Å². The van der Waals surface area contributed by atoms with E-state index in [1.807, 2.05) is 18.5 Å². The summed E-state index contributed by atoms with van der Waals surface area (Å²) in [4.78, 5) is 4.30. The Bertz CT molecular complexity index is 476. The molecule has 0 amide bonds. The van der Waals surface area contributed by atoms with Crippen LogP contribution in [0.15, 0.2) is 31.1 Å². The van der Waals surface area contributed by atoms with Gasteiger partial charge in [-0.2, -0.15) is 0 Å². The number of hydrogen-bond acceptors (Lipinski definition) is 2. The molecule has 2 heterocycles. The number of rotatable bonds is 2. The second-order valence-electron chi connectivity index (χ2n) is 5.34. The lowest BCUT2D eigenvalue weighted by molar-refractivity contribution is 0.278. The Labute approximate surface area is 109 Å². The molecule has 1 aliphatic heterocycles. The van der Waals surface area contributed by atoms with E-state index in [0.717, 1.165) is 17.9 Å². The molecule has 0 spiro atoms. The highest BCUT2D eigenvalue weighted by atomic mass is 14.9. The third-order valence-corrected chi connectivity index (χ3v) is 4.20. The number of hydrogen-bond donors (Lipinski definition) is 1. The quantitative estimate of drug-likeness (QED) is 0.858. The normalized spacial score (nSPS) is 27.2. The lowest BCUT2D eigenvalue weighted by Crippen LogP contribution is -2.42. The number of aromatic nitrogens is 1. The molecule has 3 rings (SSSR count). The van der Waals surface area contributed by atoms with E-state index in [9.17, 15) is 0 Å². The predicted molar refractivity (Wildman–Crippen MR) is 76.1 cm³/mol. The minimum absolute atomic E-state index is 0.672. The minimum Gasteiger partial charge on any atom is -0.313 e. The third-order valence-electron chi connectivity index (χ3n) is 4.20. The maximum Gasteiger partial charge on any atom is 0.0343 e. The van der Waals surface area contributed by atoms with Crippen molar-refractivity contribution < 1.29 is 0 Å². The maximum absolute atomic E-state index is 4.30. The molecule has 0 aromatic carbocycles. The fourth-order valence-corrected chi connectivity index (χ4v) is 3.14. The fraction of sp³-hybridized carbons (Fsp3) is 0.438. The molecule has 2 nitrogen and oxygen atoms in total. The van der Waals surface area contributed by atoms with E-state index in [2.05, 4.69) is 29.0 Å². The summed E-state index contributed by atoms with van der Waals surface area (Å²) < 4.78 is 0. The summed E-state index contributed by atoms with van der Waals surface area (Å²) in [7, 11) is 0. The molecule has 2 aliphatic rings. The van der Waals surface area contributed by atoms with Crippen LogP contribution in [-0.4, -0.2) is 17.6 Å². The Balaban J connectivity index is 1.83. The molecule has 1 saturated heterocycles. The van der Waals surface area contributed by atoms with Gasteiger partial charge < -0.3 is 5.32 Å². The van der Waals surface area contributed by atoms with E-state index in [0.29, 0.717) is 6.04 Å². The van der Waals surface area contributed by atoms with Gasteiger partial charge in [-0.3, -0.25) is 4.98 Å². The summed E-state index contributed by atoms with van der Waals surface area (Å²) in [6.07, 6.45) is 13.2. The van der Waals surface area contributed by atoms with Gasteiger partial charge in [0, 0.05) is 18.4 Å². The van der Waals surface area contributed by atoms with Crippen LogP contribution in [-0.2, 0) is 0 Å². The molecule has 18 heavy (non-hydrogen) atoms. The smallest absolute Gasteiger partial charge is 0.0343 e. The summed E-state index contributed by atoms with van der Waals surface area (Å²) in [6.45, 7) is 4.99. The summed E-state index contributed by atoms with van der Waals surface area (Å²) >= 11 is 0. The number of pyridine rings is 1. The van der Waals surface area contributed by atoms with Crippen molar-refractivity contribution in [2.75, 3.05) is 6.54 Å². The lowest BCUT2D eigenvalue weighted by atomic mass is 9.78. The highest BCUT2D eigenvalue weighted by Crippen LogP contribution is 2.34. The van der Waals surface area contributed by atoms with Crippen LogP contribution in [0.3, 0.4) is 0 Å². The van der Waals surface area contributed by atoms with Crippen LogP contribution < -0.4 is 5.32 Å². The monoisotopic (exact) mass is 240 g/mol. The molecule has 1 aromatic rings. The summed E-state index contributed by atoms with van der Waals surface area (Å²) in [5, 5.41) is 3.67. The Morgan fingerprint density at radius 2 is 2.33 bits per heavy atom. The molecule has 1 N–H and O–H groups in total. The average molecular weight is 240 g/mol. The number of piperidine rings is 1. The Kier molecular flexibility index (Phi) is 3.28. The Morgan fingerprint density at radius 3 is 3.22 bits per heavy atom. The Hall–Kier alpha value is -1.41. The summed E-state index contributed by atoms with van der Waals surface area (Å²) in [5.41, 5.74) is 3.81. The van der Waals surface area contributed by atoms with Gasteiger partial charge in [-0.1, -0.05) is 18.7 Å². The first kappa shape index (κ1) is 11.7. The first-order valence-corrected chi connectivity index (χ1v) is 6.87. The number of nitrogens with one attached hydrogen (secondary N) is 1. The molecule has 0 radical (unpaired) electrons. The number of allylic oxidation sites excluding steroid dienone is 1. The molecule has 94 valence electrons. The second-order valence-corrected chi connectivity index (χ2v) is 5.34. The summed E-state index contributed by atoms with van der Waals surface area (Å²) in [6, 6.07) is 2.86.